The lowest BCUT2D eigenvalue weighted by Crippen LogP contribution is -2.44. The molecule has 1 N–H and O–H groups in total. The van der Waals surface area contributed by atoms with Crippen LogP contribution >= 0.6 is 0 Å². The number of hydrogen-bond acceptors (Lipinski definition) is 4. The van der Waals surface area contributed by atoms with Gasteiger partial charge in [-0.25, -0.2) is 9.97 Å². The van der Waals surface area contributed by atoms with E-state index < -0.39 is 18.1 Å². The Morgan fingerprint density at radius 3 is 2.68 bits per heavy atom. The van der Waals surface area contributed by atoms with Gasteiger partial charge in [0.2, 0.25) is 5.95 Å². The van der Waals surface area contributed by atoms with E-state index in [1.165, 1.54) is 0 Å². The van der Waals surface area contributed by atoms with Crippen molar-refractivity contribution in [2.45, 2.75) is 18.6 Å². The Morgan fingerprint density at radius 1 is 1.11 bits per heavy atom. The van der Waals surface area contributed by atoms with Gasteiger partial charge in [0.25, 0.3) is 0 Å². The maximum absolute atomic E-state index is 12.4. The molecule has 1 unspecified atom stereocenters. The molecule has 28 heavy (non-hydrogen) atoms. The number of fused-ring (bicyclic) bond motifs is 1. The van der Waals surface area contributed by atoms with Gasteiger partial charge in [0.05, 0.1) is 5.69 Å². The SMILES string of the molecule is O=C(NC1CCN(c2nccc(-c3ccc4ccccc4c3)n2)C1)C(F)(F)F. The Labute approximate surface area is 159 Å². The predicted octanol–water partition coefficient (Wildman–Crippen LogP) is 3.55. The van der Waals surface area contributed by atoms with Gasteiger partial charge in [-0.15, -0.1) is 0 Å². The molecular formula is C20H17F3N4O. The Balaban J connectivity index is 1.52. The fourth-order valence-electron chi connectivity index (χ4n) is 3.34. The first-order valence-corrected chi connectivity index (χ1v) is 8.85. The topological polar surface area (TPSA) is 58.1 Å². The van der Waals surface area contributed by atoms with Gasteiger partial charge in [-0.2, -0.15) is 13.2 Å². The van der Waals surface area contributed by atoms with E-state index in [4.69, 9.17) is 0 Å². The number of rotatable bonds is 3. The minimum Gasteiger partial charge on any atom is -0.344 e. The van der Waals surface area contributed by atoms with Gasteiger partial charge in [-0.05, 0) is 29.3 Å². The number of aromatic nitrogens is 2. The zero-order valence-electron chi connectivity index (χ0n) is 14.8. The summed E-state index contributed by atoms with van der Waals surface area (Å²) in [6.45, 7) is 0.715. The molecule has 1 aromatic heterocycles. The lowest BCUT2D eigenvalue weighted by atomic mass is 10.1. The van der Waals surface area contributed by atoms with Gasteiger partial charge in [-0.1, -0.05) is 36.4 Å². The molecule has 0 saturated carbocycles. The summed E-state index contributed by atoms with van der Waals surface area (Å²) in [5, 5.41) is 4.25. The highest BCUT2D eigenvalue weighted by molar-refractivity contribution is 5.86. The first-order valence-electron chi connectivity index (χ1n) is 8.85. The normalized spacial score (nSPS) is 17.1. The van der Waals surface area contributed by atoms with E-state index in [2.05, 4.69) is 9.97 Å². The van der Waals surface area contributed by atoms with Crippen molar-refractivity contribution in [1.82, 2.24) is 15.3 Å². The van der Waals surface area contributed by atoms with Crippen molar-refractivity contribution in [3.63, 3.8) is 0 Å². The number of carbonyl (C=O) groups is 1. The summed E-state index contributed by atoms with van der Waals surface area (Å²) in [6.07, 6.45) is -2.83. The highest BCUT2D eigenvalue weighted by Gasteiger charge is 2.40. The third-order valence-electron chi connectivity index (χ3n) is 4.75. The molecule has 1 aliphatic heterocycles. The first kappa shape index (κ1) is 18.2. The molecule has 144 valence electrons. The molecule has 1 saturated heterocycles. The first-order chi connectivity index (χ1) is 13.4. The largest absolute Gasteiger partial charge is 0.471 e. The molecule has 1 atom stereocenters. The monoisotopic (exact) mass is 386 g/mol. The summed E-state index contributed by atoms with van der Waals surface area (Å²) in [6, 6.07) is 15.3. The van der Waals surface area contributed by atoms with E-state index in [9.17, 15) is 18.0 Å². The Morgan fingerprint density at radius 2 is 1.89 bits per heavy atom. The van der Waals surface area contributed by atoms with Crippen molar-refractivity contribution >= 4 is 22.6 Å². The van der Waals surface area contributed by atoms with Crippen LogP contribution in [0.4, 0.5) is 19.1 Å². The van der Waals surface area contributed by atoms with Crippen LogP contribution in [0, 0.1) is 0 Å². The van der Waals surface area contributed by atoms with Gasteiger partial charge in [0, 0.05) is 30.9 Å². The quantitative estimate of drug-likeness (QED) is 0.748. The van der Waals surface area contributed by atoms with Crippen molar-refractivity contribution in [1.29, 1.82) is 0 Å². The summed E-state index contributed by atoms with van der Waals surface area (Å²) in [4.78, 5) is 21.7. The Kier molecular flexibility index (Phi) is 4.62. The molecule has 8 heteroatoms. The number of carbonyl (C=O) groups excluding carboxylic acids is 1. The van der Waals surface area contributed by atoms with Gasteiger partial charge >= 0.3 is 12.1 Å². The van der Waals surface area contributed by atoms with Crippen molar-refractivity contribution < 1.29 is 18.0 Å². The Bertz CT molecular complexity index is 1020. The average Bonchev–Trinajstić information content (AvgIpc) is 3.15. The molecule has 5 nitrogen and oxygen atoms in total. The molecular weight excluding hydrogens is 369 g/mol. The zero-order chi connectivity index (χ0) is 19.7. The average molecular weight is 386 g/mol. The van der Waals surface area contributed by atoms with E-state index in [0.717, 1.165) is 22.0 Å². The summed E-state index contributed by atoms with van der Waals surface area (Å²) in [5.41, 5.74) is 1.67. The van der Waals surface area contributed by atoms with Crippen LogP contribution in [-0.4, -0.2) is 41.2 Å². The second-order valence-electron chi connectivity index (χ2n) is 6.71. The van der Waals surface area contributed by atoms with Crippen LogP contribution in [0.25, 0.3) is 22.0 Å². The molecule has 0 aliphatic carbocycles. The van der Waals surface area contributed by atoms with Crippen molar-refractivity contribution in [3.8, 4) is 11.3 Å². The van der Waals surface area contributed by atoms with Crippen LogP contribution in [0.2, 0.25) is 0 Å². The number of alkyl halides is 3. The van der Waals surface area contributed by atoms with Crippen molar-refractivity contribution in [2.24, 2.45) is 0 Å². The molecule has 4 rings (SSSR count). The minimum absolute atomic E-state index is 0.239. The van der Waals surface area contributed by atoms with Crippen LogP contribution in [0.15, 0.2) is 54.7 Å². The molecule has 0 radical (unpaired) electrons. The van der Waals surface area contributed by atoms with Crippen LogP contribution in [-0.2, 0) is 4.79 Å². The minimum atomic E-state index is -4.88. The highest BCUT2D eigenvalue weighted by atomic mass is 19.4. The Hall–Kier alpha value is -3.16. The van der Waals surface area contributed by atoms with E-state index in [1.54, 1.807) is 17.2 Å². The maximum Gasteiger partial charge on any atom is 0.471 e. The molecule has 1 amide bonds. The second kappa shape index (κ2) is 7.10. The van der Waals surface area contributed by atoms with E-state index >= 15 is 0 Å². The maximum atomic E-state index is 12.4. The standard InChI is InChI=1S/C20H17F3N4O/c21-20(22,23)18(28)25-16-8-10-27(12-16)19-24-9-7-17(26-19)15-6-5-13-3-1-2-4-14(13)11-15/h1-7,9,11,16H,8,10,12H2,(H,25,28). The van der Waals surface area contributed by atoms with Gasteiger partial charge < -0.3 is 10.2 Å². The van der Waals surface area contributed by atoms with Crippen LogP contribution < -0.4 is 10.2 Å². The summed E-state index contributed by atoms with van der Waals surface area (Å²) < 4.78 is 37.3. The van der Waals surface area contributed by atoms with E-state index in [-0.39, 0.29) is 6.54 Å². The number of nitrogens with zero attached hydrogens (tertiary/aromatic N) is 3. The number of amides is 1. The molecule has 3 aromatic rings. The van der Waals surface area contributed by atoms with Crippen LogP contribution in [0.1, 0.15) is 6.42 Å². The summed E-state index contributed by atoms with van der Waals surface area (Å²) in [5.74, 6) is -1.47. The van der Waals surface area contributed by atoms with Crippen molar-refractivity contribution in [2.75, 3.05) is 18.0 Å². The van der Waals surface area contributed by atoms with Crippen LogP contribution in [0.5, 0.6) is 0 Å². The summed E-state index contributed by atoms with van der Waals surface area (Å²) in [7, 11) is 0. The smallest absolute Gasteiger partial charge is 0.344 e. The number of halogens is 3. The van der Waals surface area contributed by atoms with Gasteiger partial charge in [0.1, 0.15) is 0 Å². The fraction of sp³-hybridized carbons (Fsp3) is 0.250. The van der Waals surface area contributed by atoms with Gasteiger partial charge in [-0.3, -0.25) is 4.79 Å². The molecule has 2 heterocycles. The lowest BCUT2D eigenvalue weighted by molar-refractivity contribution is -0.174. The summed E-state index contributed by atoms with van der Waals surface area (Å²) >= 11 is 0. The number of anilines is 1. The fourth-order valence-corrected chi connectivity index (χ4v) is 3.34. The third kappa shape index (κ3) is 3.76. The van der Waals surface area contributed by atoms with E-state index in [0.29, 0.717) is 18.9 Å². The van der Waals surface area contributed by atoms with Gasteiger partial charge in [0.15, 0.2) is 0 Å². The van der Waals surface area contributed by atoms with Crippen LogP contribution in [0.3, 0.4) is 0 Å². The number of nitrogens with one attached hydrogen (secondary N) is 1. The second-order valence-corrected chi connectivity index (χ2v) is 6.71. The lowest BCUT2D eigenvalue weighted by Gasteiger charge is -2.18. The van der Waals surface area contributed by atoms with Crippen molar-refractivity contribution in [3.05, 3.63) is 54.7 Å². The molecule has 0 bridgehead atoms. The predicted molar refractivity (Wildman–Crippen MR) is 99.8 cm³/mol. The molecule has 1 aliphatic rings. The number of hydrogen-bond donors (Lipinski definition) is 1. The number of benzene rings is 2. The molecule has 1 fully saturated rings. The third-order valence-corrected chi connectivity index (χ3v) is 4.75. The molecule has 0 spiro atoms. The molecule has 2 aromatic carbocycles. The highest BCUT2D eigenvalue weighted by Crippen LogP contribution is 2.25. The van der Waals surface area contributed by atoms with E-state index in [1.807, 2.05) is 47.8 Å². The zero-order valence-corrected chi connectivity index (χ0v) is 14.8.